The molecular formula is C20H23Cl2N3O. The summed E-state index contributed by atoms with van der Waals surface area (Å²) in [6.07, 6.45) is 0. The van der Waals surface area contributed by atoms with Crippen LogP contribution in [0.5, 0.6) is 0 Å². The van der Waals surface area contributed by atoms with Gasteiger partial charge >= 0.3 is 0 Å². The van der Waals surface area contributed by atoms with Gasteiger partial charge in [0.2, 0.25) is 5.91 Å². The molecule has 2 aromatic rings. The van der Waals surface area contributed by atoms with Gasteiger partial charge in [-0.15, -0.1) is 0 Å². The number of aryl methyl sites for hydroxylation is 2. The zero-order valence-electron chi connectivity index (χ0n) is 15.1. The number of carbonyl (C=O) groups excluding carboxylic acids is 1. The van der Waals surface area contributed by atoms with Crippen molar-refractivity contribution in [1.82, 2.24) is 4.90 Å². The standard InChI is InChI=1S/C20H23Cl2N3O/c1-14-5-3-4-6-17(14)25-11-9-24(10-12-25)13-18(26)23-20-16(21)8-7-15(2)19(20)22/h3-8H,9-13H2,1-2H3,(H,23,26). The highest BCUT2D eigenvalue weighted by atomic mass is 35.5. The van der Waals surface area contributed by atoms with Gasteiger partial charge in [0.25, 0.3) is 0 Å². The van der Waals surface area contributed by atoms with Crippen molar-refractivity contribution >= 4 is 40.5 Å². The normalized spacial score (nSPS) is 15.2. The summed E-state index contributed by atoms with van der Waals surface area (Å²) in [5.41, 5.74) is 3.94. The van der Waals surface area contributed by atoms with Crippen molar-refractivity contribution in [2.45, 2.75) is 13.8 Å². The number of rotatable bonds is 4. The molecule has 0 aromatic heterocycles. The van der Waals surface area contributed by atoms with E-state index < -0.39 is 0 Å². The second kappa shape index (κ2) is 8.30. The molecule has 0 unspecified atom stereocenters. The lowest BCUT2D eigenvalue weighted by molar-refractivity contribution is -0.117. The predicted molar refractivity (Wildman–Crippen MR) is 110 cm³/mol. The first-order valence-electron chi connectivity index (χ1n) is 8.73. The summed E-state index contributed by atoms with van der Waals surface area (Å²) >= 11 is 12.4. The number of nitrogens with one attached hydrogen (secondary N) is 1. The molecule has 1 amide bonds. The summed E-state index contributed by atoms with van der Waals surface area (Å²) in [6.45, 7) is 7.86. The van der Waals surface area contributed by atoms with Crippen molar-refractivity contribution in [1.29, 1.82) is 0 Å². The van der Waals surface area contributed by atoms with Crippen molar-refractivity contribution in [2.75, 3.05) is 42.9 Å². The number of benzene rings is 2. The maximum atomic E-state index is 12.4. The highest BCUT2D eigenvalue weighted by molar-refractivity contribution is 6.40. The molecule has 1 fully saturated rings. The molecule has 4 nitrogen and oxygen atoms in total. The van der Waals surface area contributed by atoms with E-state index in [0.29, 0.717) is 22.3 Å². The monoisotopic (exact) mass is 391 g/mol. The average molecular weight is 392 g/mol. The van der Waals surface area contributed by atoms with E-state index in [9.17, 15) is 4.79 Å². The summed E-state index contributed by atoms with van der Waals surface area (Å²) in [6, 6.07) is 12.0. The Morgan fingerprint density at radius 1 is 1.00 bits per heavy atom. The van der Waals surface area contributed by atoms with E-state index in [4.69, 9.17) is 23.2 Å². The van der Waals surface area contributed by atoms with Gasteiger partial charge in [-0.1, -0.05) is 47.5 Å². The van der Waals surface area contributed by atoms with Crippen LogP contribution in [0.2, 0.25) is 10.0 Å². The quantitative estimate of drug-likeness (QED) is 0.839. The molecule has 1 aliphatic rings. The second-order valence-corrected chi connectivity index (χ2v) is 7.44. The summed E-state index contributed by atoms with van der Waals surface area (Å²) in [7, 11) is 0. The lowest BCUT2D eigenvalue weighted by atomic mass is 10.1. The molecule has 1 saturated heterocycles. The Labute approximate surface area is 164 Å². The van der Waals surface area contributed by atoms with Crippen molar-refractivity contribution in [3.8, 4) is 0 Å². The van der Waals surface area contributed by atoms with Crippen LogP contribution in [0.15, 0.2) is 36.4 Å². The molecule has 3 rings (SSSR count). The van der Waals surface area contributed by atoms with E-state index in [0.717, 1.165) is 31.7 Å². The average Bonchev–Trinajstić information content (AvgIpc) is 2.63. The zero-order chi connectivity index (χ0) is 18.7. The molecule has 0 aliphatic carbocycles. The fourth-order valence-corrected chi connectivity index (χ4v) is 3.68. The number of halogens is 2. The van der Waals surface area contributed by atoms with Gasteiger partial charge in [-0.2, -0.15) is 0 Å². The Kier molecular flexibility index (Phi) is 6.07. The first-order valence-corrected chi connectivity index (χ1v) is 9.48. The van der Waals surface area contributed by atoms with Gasteiger partial charge in [0.1, 0.15) is 0 Å². The Bertz CT molecular complexity index is 802. The second-order valence-electron chi connectivity index (χ2n) is 6.65. The molecule has 6 heteroatoms. The van der Waals surface area contributed by atoms with E-state index in [1.165, 1.54) is 11.3 Å². The number of para-hydroxylation sites is 1. The Morgan fingerprint density at radius 2 is 1.69 bits per heavy atom. The third-order valence-electron chi connectivity index (χ3n) is 4.74. The first kappa shape index (κ1) is 19.0. The number of anilines is 2. The number of piperazine rings is 1. The fourth-order valence-electron chi connectivity index (χ4n) is 3.22. The largest absolute Gasteiger partial charge is 0.369 e. The molecule has 2 aromatic carbocycles. The van der Waals surface area contributed by atoms with Crippen LogP contribution >= 0.6 is 23.2 Å². The van der Waals surface area contributed by atoms with Crippen LogP contribution in [0.4, 0.5) is 11.4 Å². The van der Waals surface area contributed by atoms with Gasteiger partial charge in [-0.3, -0.25) is 9.69 Å². The van der Waals surface area contributed by atoms with Gasteiger partial charge in [-0.05, 0) is 37.1 Å². The van der Waals surface area contributed by atoms with Crippen LogP contribution < -0.4 is 10.2 Å². The van der Waals surface area contributed by atoms with Gasteiger partial charge in [-0.25, -0.2) is 0 Å². The highest BCUT2D eigenvalue weighted by Crippen LogP contribution is 2.32. The van der Waals surface area contributed by atoms with Crippen LogP contribution in [0, 0.1) is 13.8 Å². The van der Waals surface area contributed by atoms with Gasteiger partial charge in [0, 0.05) is 31.9 Å². The SMILES string of the molecule is Cc1ccccc1N1CCN(CC(=O)Nc2c(Cl)ccc(C)c2Cl)CC1. The molecular weight excluding hydrogens is 369 g/mol. The van der Waals surface area contributed by atoms with Gasteiger partial charge < -0.3 is 10.2 Å². The molecule has 0 radical (unpaired) electrons. The minimum atomic E-state index is -0.0938. The minimum absolute atomic E-state index is 0.0938. The number of hydrogen-bond acceptors (Lipinski definition) is 3. The van der Waals surface area contributed by atoms with E-state index in [1.54, 1.807) is 6.07 Å². The van der Waals surface area contributed by atoms with Crippen LogP contribution in [-0.2, 0) is 4.79 Å². The lowest BCUT2D eigenvalue weighted by Crippen LogP contribution is -2.48. The number of hydrogen-bond donors (Lipinski definition) is 1. The molecule has 1 aliphatic heterocycles. The van der Waals surface area contributed by atoms with Gasteiger partial charge in [0.15, 0.2) is 0 Å². The fraction of sp³-hybridized carbons (Fsp3) is 0.350. The third kappa shape index (κ3) is 4.32. The van der Waals surface area contributed by atoms with Crippen LogP contribution in [0.1, 0.15) is 11.1 Å². The predicted octanol–water partition coefficient (Wildman–Crippen LogP) is 4.37. The maximum absolute atomic E-state index is 12.4. The van der Waals surface area contributed by atoms with Gasteiger partial charge in [0.05, 0.1) is 22.3 Å². The zero-order valence-corrected chi connectivity index (χ0v) is 16.6. The van der Waals surface area contributed by atoms with Crippen molar-refractivity contribution < 1.29 is 4.79 Å². The van der Waals surface area contributed by atoms with Crippen LogP contribution in [0.25, 0.3) is 0 Å². The third-order valence-corrected chi connectivity index (χ3v) is 5.55. The molecule has 1 N–H and O–H groups in total. The van der Waals surface area contributed by atoms with Crippen molar-refractivity contribution in [2.24, 2.45) is 0 Å². The lowest BCUT2D eigenvalue weighted by Gasteiger charge is -2.36. The highest BCUT2D eigenvalue weighted by Gasteiger charge is 2.21. The Hall–Kier alpha value is -1.75. The van der Waals surface area contributed by atoms with Crippen molar-refractivity contribution in [3.63, 3.8) is 0 Å². The summed E-state index contributed by atoms with van der Waals surface area (Å²) in [5.74, 6) is -0.0938. The molecule has 0 bridgehead atoms. The molecule has 26 heavy (non-hydrogen) atoms. The molecule has 138 valence electrons. The van der Waals surface area contributed by atoms with Crippen LogP contribution in [0.3, 0.4) is 0 Å². The van der Waals surface area contributed by atoms with Crippen LogP contribution in [-0.4, -0.2) is 43.5 Å². The smallest absolute Gasteiger partial charge is 0.238 e. The van der Waals surface area contributed by atoms with E-state index in [-0.39, 0.29) is 5.91 Å². The summed E-state index contributed by atoms with van der Waals surface area (Å²) < 4.78 is 0. The van der Waals surface area contributed by atoms with Crippen molar-refractivity contribution in [3.05, 3.63) is 57.6 Å². The number of amides is 1. The molecule has 1 heterocycles. The van der Waals surface area contributed by atoms with E-state index >= 15 is 0 Å². The minimum Gasteiger partial charge on any atom is -0.369 e. The topological polar surface area (TPSA) is 35.6 Å². The maximum Gasteiger partial charge on any atom is 0.238 e. The van der Waals surface area contributed by atoms with E-state index in [1.807, 2.05) is 13.0 Å². The van der Waals surface area contributed by atoms with E-state index in [2.05, 4.69) is 46.3 Å². The molecule has 0 atom stereocenters. The summed E-state index contributed by atoms with van der Waals surface area (Å²) in [4.78, 5) is 16.9. The first-order chi connectivity index (χ1) is 12.5. The molecule has 0 spiro atoms. The number of nitrogens with zero attached hydrogens (tertiary/aromatic N) is 2. The number of carbonyl (C=O) groups is 1. The molecule has 0 saturated carbocycles. The Balaban J connectivity index is 1.56. The Morgan fingerprint density at radius 3 is 2.38 bits per heavy atom. The summed E-state index contributed by atoms with van der Waals surface area (Å²) in [5, 5.41) is 3.81.